The van der Waals surface area contributed by atoms with Crippen molar-refractivity contribution in [2.75, 3.05) is 26.6 Å². The normalized spacial score (nSPS) is 12.4. The van der Waals surface area contributed by atoms with E-state index in [0.29, 0.717) is 34.1 Å². The minimum atomic E-state index is -0.668. The summed E-state index contributed by atoms with van der Waals surface area (Å²) in [4.78, 5) is 15.4. The first kappa shape index (κ1) is 24.8. The Labute approximate surface area is 201 Å². The second kappa shape index (κ2) is 10.8. The van der Waals surface area contributed by atoms with Gasteiger partial charge in [-0.05, 0) is 60.3 Å². The van der Waals surface area contributed by atoms with E-state index in [4.69, 9.17) is 36.8 Å². The topological polar surface area (TPSA) is 192 Å². The number of nitrogen functional groups attached to an aromatic ring is 1. The molecule has 35 heavy (non-hydrogen) atoms. The van der Waals surface area contributed by atoms with Crippen molar-refractivity contribution in [3.8, 4) is 17.2 Å². The highest BCUT2D eigenvalue weighted by atomic mass is 16.5. The molecule has 1 aromatic heterocycles. The molecule has 0 bridgehead atoms. The van der Waals surface area contributed by atoms with E-state index in [1.807, 2.05) is 0 Å². The van der Waals surface area contributed by atoms with Crippen LogP contribution in [0.2, 0.25) is 0 Å². The van der Waals surface area contributed by atoms with Crippen molar-refractivity contribution in [3.63, 3.8) is 0 Å². The lowest BCUT2D eigenvalue weighted by Gasteiger charge is -2.21. The van der Waals surface area contributed by atoms with Crippen molar-refractivity contribution in [2.24, 2.45) is 17.2 Å². The van der Waals surface area contributed by atoms with Crippen LogP contribution in [0.1, 0.15) is 23.0 Å². The van der Waals surface area contributed by atoms with Crippen LogP contribution in [0.15, 0.2) is 59.5 Å². The summed E-state index contributed by atoms with van der Waals surface area (Å²) in [6, 6.07) is 9.76. The third-order valence-corrected chi connectivity index (χ3v) is 5.06. The van der Waals surface area contributed by atoms with E-state index in [1.54, 1.807) is 36.4 Å². The molecular formula is C23H28N8O4. The number of anilines is 1. The standard InChI is InChI=1S/C23H28N8O4/c1-33-16-11-14(12-17(34-2)20(16)35-3)19(28-15-8-6-13(7-9-15)21(26)27)22-29-23(32)31(30-22)18(25)5-4-10-24/h4-12,19,28H,24-25H2,1-3H3,(H3,26,27)(H,29,30,32)/b10-4-,18-5+. The zero-order valence-corrected chi connectivity index (χ0v) is 19.5. The molecular weight excluding hydrogens is 452 g/mol. The summed E-state index contributed by atoms with van der Waals surface area (Å²) < 4.78 is 17.4. The highest BCUT2D eigenvalue weighted by Crippen LogP contribution is 2.41. The van der Waals surface area contributed by atoms with Crippen LogP contribution in [-0.2, 0) is 0 Å². The van der Waals surface area contributed by atoms with Gasteiger partial charge in [0, 0.05) is 11.3 Å². The molecule has 0 saturated carbocycles. The Morgan fingerprint density at radius 2 is 1.74 bits per heavy atom. The number of hydrogen-bond acceptors (Lipinski definition) is 9. The third kappa shape index (κ3) is 5.38. The van der Waals surface area contributed by atoms with E-state index in [0.717, 1.165) is 4.68 Å². The van der Waals surface area contributed by atoms with E-state index < -0.39 is 11.7 Å². The number of aromatic amines is 1. The van der Waals surface area contributed by atoms with Gasteiger partial charge in [0.15, 0.2) is 17.3 Å². The van der Waals surface area contributed by atoms with Crippen molar-refractivity contribution < 1.29 is 14.2 Å². The largest absolute Gasteiger partial charge is 0.493 e. The first-order valence-electron chi connectivity index (χ1n) is 10.4. The molecule has 0 saturated heterocycles. The van der Waals surface area contributed by atoms with Crippen LogP contribution in [0.3, 0.4) is 0 Å². The lowest BCUT2D eigenvalue weighted by Crippen LogP contribution is -2.21. The average Bonchev–Trinajstić information content (AvgIpc) is 3.26. The number of nitrogens with one attached hydrogen (secondary N) is 3. The fourth-order valence-electron chi connectivity index (χ4n) is 3.36. The first-order chi connectivity index (χ1) is 16.8. The second-order valence-corrected chi connectivity index (χ2v) is 7.23. The predicted octanol–water partition coefficient (Wildman–Crippen LogP) is 1.31. The van der Waals surface area contributed by atoms with Crippen LogP contribution >= 0.6 is 0 Å². The van der Waals surface area contributed by atoms with Crippen molar-refractivity contribution in [1.29, 1.82) is 5.41 Å². The van der Waals surface area contributed by atoms with E-state index in [1.165, 1.54) is 39.7 Å². The lowest BCUT2D eigenvalue weighted by atomic mass is 10.0. The average molecular weight is 481 g/mol. The van der Waals surface area contributed by atoms with Crippen molar-refractivity contribution in [2.45, 2.75) is 6.04 Å². The monoisotopic (exact) mass is 480 g/mol. The van der Waals surface area contributed by atoms with Crippen LogP contribution in [0.4, 0.5) is 5.69 Å². The molecule has 0 aliphatic rings. The van der Waals surface area contributed by atoms with Gasteiger partial charge in [0.05, 0.1) is 21.3 Å². The number of aromatic nitrogens is 3. The number of nitrogens with zero attached hydrogens (tertiary/aromatic N) is 2. The van der Waals surface area contributed by atoms with Crippen LogP contribution in [0, 0.1) is 5.41 Å². The minimum Gasteiger partial charge on any atom is -0.493 e. The summed E-state index contributed by atoms with van der Waals surface area (Å²) in [6.07, 6.45) is 4.23. The molecule has 12 heteroatoms. The summed E-state index contributed by atoms with van der Waals surface area (Å²) in [5.41, 5.74) is 18.3. The van der Waals surface area contributed by atoms with Gasteiger partial charge in [-0.15, -0.1) is 5.10 Å². The maximum absolute atomic E-state index is 12.6. The Kier molecular flexibility index (Phi) is 7.66. The molecule has 0 fully saturated rings. The molecule has 1 unspecified atom stereocenters. The number of benzene rings is 2. The maximum Gasteiger partial charge on any atom is 0.349 e. The van der Waals surface area contributed by atoms with Crippen LogP contribution in [0.25, 0.3) is 5.82 Å². The van der Waals surface area contributed by atoms with Gasteiger partial charge >= 0.3 is 5.69 Å². The molecule has 3 rings (SSSR count). The van der Waals surface area contributed by atoms with E-state index in [2.05, 4.69) is 15.4 Å². The molecule has 0 aliphatic heterocycles. The minimum absolute atomic E-state index is 0.0467. The number of nitrogens with two attached hydrogens (primary N) is 3. The predicted molar refractivity (Wildman–Crippen MR) is 134 cm³/mol. The molecule has 1 atom stereocenters. The Morgan fingerprint density at radius 3 is 2.26 bits per heavy atom. The van der Waals surface area contributed by atoms with Gasteiger partial charge in [0.2, 0.25) is 5.75 Å². The van der Waals surface area contributed by atoms with Gasteiger partial charge in [-0.1, -0.05) is 0 Å². The number of rotatable bonds is 10. The maximum atomic E-state index is 12.6. The molecule has 0 spiro atoms. The van der Waals surface area contributed by atoms with Crippen molar-refractivity contribution >= 4 is 17.3 Å². The first-order valence-corrected chi connectivity index (χ1v) is 10.4. The van der Waals surface area contributed by atoms with E-state index >= 15 is 0 Å². The van der Waals surface area contributed by atoms with E-state index in [9.17, 15) is 4.79 Å². The number of amidine groups is 1. The summed E-state index contributed by atoms with van der Waals surface area (Å²) in [5, 5.41) is 15.3. The Hall–Kier alpha value is -4.87. The Balaban J connectivity index is 2.15. The van der Waals surface area contributed by atoms with Gasteiger partial charge in [-0.3, -0.25) is 10.4 Å². The molecule has 184 valence electrons. The highest BCUT2D eigenvalue weighted by Gasteiger charge is 2.24. The van der Waals surface area contributed by atoms with Gasteiger partial charge in [-0.2, -0.15) is 4.68 Å². The fraction of sp³-hybridized carbons (Fsp3) is 0.174. The van der Waals surface area contributed by atoms with Gasteiger partial charge in [0.1, 0.15) is 17.7 Å². The van der Waals surface area contributed by atoms with Crippen LogP contribution < -0.4 is 42.4 Å². The SMILES string of the molecule is COc1cc(C(Nc2ccc(C(=N)N)cc2)c2nn(/C(N)=C/C=C\N)c(=O)[nH]2)cc(OC)c1OC. The molecule has 1 heterocycles. The van der Waals surface area contributed by atoms with E-state index in [-0.39, 0.29) is 17.5 Å². The Morgan fingerprint density at radius 1 is 1.11 bits per heavy atom. The molecule has 9 N–H and O–H groups in total. The molecule has 3 aromatic rings. The highest BCUT2D eigenvalue weighted by molar-refractivity contribution is 5.95. The van der Waals surface area contributed by atoms with Gasteiger partial charge in [-0.25, -0.2) is 4.79 Å². The number of methoxy groups -OCH3 is 3. The lowest BCUT2D eigenvalue weighted by molar-refractivity contribution is 0.323. The Bertz CT molecular complexity index is 1280. The summed E-state index contributed by atoms with van der Waals surface area (Å²) in [5.74, 6) is 1.57. The quantitative estimate of drug-likeness (QED) is 0.141. The smallest absolute Gasteiger partial charge is 0.349 e. The fourth-order valence-corrected chi connectivity index (χ4v) is 3.36. The van der Waals surface area contributed by atoms with Crippen molar-refractivity contribution in [3.05, 3.63) is 82.2 Å². The number of allylic oxidation sites excluding steroid dienone is 2. The van der Waals surface area contributed by atoms with Crippen LogP contribution in [-0.4, -0.2) is 41.9 Å². The summed E-state index contributed by atoms with van der Waals surface area (Å²) in [6.45, 7) is 0. The third-order valence-electron chi connectivity index (χ3n) is 5.06. The molecule has 0 amide bonds. The molecule has 0 aliphatic carbocycles. The number of ether oxygens (including phenoxy) is 3. The molecule has 0 radical (unpaired) electrons. The zero-order valence-electron chi connectivity index (χ0n) is 19.5. The van der Waals surface area contributed by atoms with Gasteiger partial charge in [0.25, 0.3) is 0 Å². The molecule has 12 nitrogen and oxygen atoms in total. The summed E-state index contributed by atoms with van der Waals surface area (Å²) >= 11 is 0. The molecule has 2 aromatic carbocycles. The van der Waals surface area contributed by atoms with Crippen molar-refractivity contribution in [1.82, 2.24) is 14.8 Å². The number of H-pyrrole nitrogens is 1. The second-order valence-electron chi connectivity index (χ2n) is 7.23. The van der Waals surface area contributed by atoms with Gasteiger partial charge < -0.3 is 36.7 Å². The zero-order chi connectivity index (χ0) is 25.5. The number of hydrogen-bond donors (Lipinski definition) is 6. The summed E-state index contributed by atoms with van der Waals surface area (Å²) in [7, 11) is 4.53. The van der Waals surface area contributed by atoms with Crippen LogP contribution in [0.5, 0.6) is 17.2 Å².